The molecule has 12 N–H and O–H groups in total. The molecule has 0 aromatic carbocycles. The summed E-state index contributed by atoms with van der Waals surface area (Å²) >= 11 is 0. The van der Waals surface area contributed by atoms with Gasteiger partial charge in [-0.15, -0.1) is 0 Å². The summed E-state index contributed by atoms with van der Waals surface area (Å²) in [6, 6.07) is -0.971. The molecular weight excluding hydrogens is 1310 g/mol. The van der Waals surface area contributed by atoms with Crippen LogP contribution in [0, 0.1) is 0 Å². The first kappa shape index (κ1) is 95.5. The molecule has 0 radical (unpaired) electrons. The predicted octanol–water partition coefficient (Wildman–Crippen LogP) is 15.3. The number of carbonyl (C=O) groups is 1. The molecule has 19 nitrogen and oxygen atoms in total. The second kappa shape index (κ2) is 65.0. The van der Waals surface area contributed by atoms with Crippen molar-refractivity contribution in [1.29, 1.82) is 0 Å². The molecule has 0 spiro atoms. The van der Waals surface area contributed by atoms with E-state index in [9.17, 15) is 61.0 Å². The number of rotatable bonds is 70. The fourth-order valence-corrected chi connectivity index (χ4v) is 14.8. The SMILES string of the molecule is CCCCCCCCCC/C=C\CCCCCCCCCCCCCCCCCCCCCCCCCCCCCC(=O)NC(COC1OC(CO)C(OC2OC(CO)C(OC3OC(CO)C(O)C(O)C3O)C(O)C2O)C(O)C1O)C(O)/C=C/CCCCCCCCCCCCCCCCCCC. The molecule has 3 rings (SSSR count). The van der Waals surface area contributed by atoms with Crippen molar-refractivity contribution in [3.8, 4) is 0 Å². The Labute approximate surface area is 626 Å². The zero-order chi connectivity index (χ0) is 74.6. The molecule has 0 aromatic heterocycles. The highest BCUT2D eigenvalue weighted by Crippen LogP contribution is 2.33. The summed E-state index contributed by atoms with van der Waals surface area (Å²) in [5.41, 5.74) is 0. The van der Waals surface area contributed by atoms with Crippen LogP contribution in [-0.4, -0.2) is 193 Å². The summed E-state index contributed by atoms with van der Waals surface area (Å²) in [5.74, 6) is -0.267. The molecule has 3 heterocycles. The summed E-state index contributed by atoms with van der Waals surface area (Å²) in [7, 11) is 0. The predicted molar refractivity (Wildman–Crippen MR) is 411 cm³/mol. The van der Waals surface area contributed by atoms with Gasteiger partial charge in [-0.1, -0.05) is 346 Å². The lowest BCUT2D eigenvalue weighted by Gasteiger charge is -2.48. The Hall–Kier alpha value is -1.73. The number of carbonyl (C=O) groups excluding carboxylic acids is 1. The normalized spacial score (nSPS) is 26.1. The smallest absolute Gasteiger partial charge is 0.220 e. The van der Waals surface area contributed by atoms with E-state index >= 15 is 0 Å². The first-order valence-electron chi connectivity index (χ1n) is 43.1. The van der Waals surface area contributed by atoms with Crippen LogP contribution in [0.3, 0.4) is 0 Å². The number of allylic oxidation sites excluding steroid dienone is 3. The Morgan fingerprint density at radius 2 is 0.612 bits per heavy atom. The van der Waals surface area contributed by atoms with E-state index in [2.05, 4.69) is 31.3 Å². The number of unbranched alkanes of at least 4 members (excludes halogenated alkanes) is 52. The van der Waals surface area contributed by atoms with E-state index in [4.69, 9.17) is 28.4 Å². The lowest BCUT2D eigenvalue weighted by Crippen LogP contribution is -2.66. The van der Waals surface area contributed by atoms with Gasteiger partial charge in [-0.2, -0.15) is 0 Å². The standard InChI is InChI=1S/C84H159NO18/c1-3-5-7-9-11-13-15-17-19-21-23-24-25-26-27-28-29-30-31-32-33-34-35-36-37-38-39-40-41-42-44-46-48-50-52-54-56-58-60-62-72(90)85-67(68(89)61-59-57-55-53-51-49-47-45-43-22-20-18-16-14-12-10-8-6-4-2)66-98-82-78(96)75(93)80(70(64-87)100-82)103-84-79(97)76(94)81(71(65-88)101-84)102-83-77(95)74(92)73(91)69(63-86)99-83/h21,23,59,61,67-71,73-84,86-89,91-97H,3-20,22,24-58,60,62-66H2,1-2H3,(H,85,90)/b23-21-,61-59+. The molecule has 17 unspecified atom stereocenters. The first-order chi connectivity index (χ1) is 50.3. The average molecular weight is 1470 g/mol. The molecule has 103 heavy (non-hydrogen) atoms. The molecule has 19 heteroatoms. The van der Waals surface area contributed by atoms with Crippen LogP contribution >= 0.6 is 0 Å². The third kappa shape index (κ3) is 44.6. The third-order valence-corrected chi connectivity index (χ3v) is 21.7. The summed E-state index contributed by atoms with van der Waals surface area (Å²) in [4.78, 5) is 13.5. The van der Waals surface area contributed by atoms with Crippen molar-refractivity contribution in [1.82, 2.24) is 5.32 Å². The molecule has 0 bridgehead atoms. The Kier molecular flexibility index (Phi) is 60.3. The number of nitrogens with one attached hydrogen (secondary N) is 1. The Balaban J connectivity index is 1.29. The fourth-order valence-electron chi connectivity index (χ4n) is 14.8. The highest BCUT2D eigenvalue weighted by Gasteiger charge is 2.54. The van der Waals surface area contributed by atoms with E-state index in [0.29, 0.717) is 6.42 Å². The molecule has 3 fully saturated rings. The fraction of sp³-hybridized carbons (Fsp3) is 0.940. The van der Waals surface area contributed by atoms with Crippen molar-refractivity contribution in [2.45, 2.75) is 478 Å². The van der Waals surface area contributed by atoms with Gasteiger partial charge in [0.15, 0.2) is 18.9 Å². The first-order valence-corrected chi connectivity index (χ1v) is 43.1. The molecule has 0 aromatic rings. The van der Waals surface area contributed by atoms with E-state index in [1.54, 1.807) is 6.08 Å². The van der Waals surface area contributed by atoms with Crippen LogP contribution in [0.1, 0.15) is 373 Å². The molecule has 3 aliphatic rings. The maximum absolute atomic E-state index is 13.5. The van der Waals surface area contributed by atoms with Crippen LogP contribution in [0.15, 0.2) is 24.3 Å². The van der Waals surface area contributed by atoms with Gasteiger partial charge in [0, 0.05) is 6.42 Å². The number of amides is 1. The number of hydrogen-bond donors (Lipinski definition) is 12. The Morgan fingerprint density at radius 3 is 0.942 bits per heavy atom. The van der Waals surface area contributed by atoms with E-state index in [-0.39, 0.29) is 18.9 Å². The van der Waals surface area contributed by atoms with Gasteiger partial charge in [0.1, 0.15) is 73.2 Å². The van der Waals surface area contributed by atoms with Crippen LogP contribution in [0.5, 0.6) is 0 Å². The van der Waals surface area contributed by atoms with Gasteiger partial charge in [0.2, 0.25) is 5.91 Å². The summed E-state index contributed by atoms with van der Waals surface area (Å²) < 4.78 is 34.5. The quantitative estimate of drug-likeness (QED) is 0.0199. The molecule has 0 aliphatic carbocycles. The maximum Gasteiger partial charge on any atom is 0.220 e. The van der Waals surface area contributed by atoms with Crippen molar-refractivity contribution in [3.63, 3.8) is 0 Å². The van der Waals surface area contributed by atoms with Gasteiger partial charge in [-0.3, -0.25) is 4.79 Å². The van der Waals surface area contributed by atoms with Crippen LogP contribution in [-0.2, 0) is 33.2 Å². The molecule has 17 atom stereocenters. The van der Waals surface area contributed by atoms with Gasteiger partial charge < -0.3 is 89.9 Å². The zero-order valence-corrected chi connectivity index (χ0v) is 65.3. The summed E-state index contributed by atoms with van der Waals surface area (Å²) in [6.45, 7) is 1.79. The monoisotopic (exact) mass is 1470 g/mol. The van der Waals surface area contributed by atoms with Gasteiger partial charge in [-0.05, 0) is 44.9 Å². The molecule has 608 valence electrons. The van der Waals surface area contributed by atoms with Crippen molar-refractivity contribution >= 4 is 5.91 Å². The molecule has 0 saturated carbocycles. The lowest BCUT2D eigenvalue weighted by atomic mass is 9.96. The van der Waals surface area contributed by atoms with Gasteiger partial charge in [0.05, 0.1) is 38.6 Å². The van der Waals surface area contributed by atoms with Crippen molar-refractivity contribution in [2.24, 2.45) is 0 Å². The zero-order valence-electron chi connectivity index (χ0n) is 65.3. The molecular formula is C84H159NO18. The largest absolute Gasteiger partial charge is 0.394 e. The minimum atomic E-state index is -1.98. The Morgan fingerprint density at radius 1 is 0.340 bits per heavy atom. The second-order valence-corrected chi connectivity index (χ2v) is 31.0. The molecule has 3 aliphatic heterocycles. The maximum atomic E-state index is 13.5. The van der Waals surface area contributed by atoms with Crippen molar-refractivity contribution in [2.75, 3.05) is 26.4 Å². The van der Waals surface area contributed by atoms with Crippen LogP contribution in [0.25, 0.3) is 0 Å². The minimum Gasteiger partial charge on any atom is -0.394 e. The highest BCUT2D eigenvalue weighted by atomic mass is 16.8. The van der Waals surface area contributed by atoms with Crippen LogP contribution < -0.4 is 5.32 Å². The number of hydrogen-bond acceptors (Lipinski definition) is 18. The highest BCUT2D eigenvalue weighted by molar-refractivity contribution is 5.76. The van der Waals surface area contributed by atoms with Crippen molar-refractivity contribution < 1.29 is 89.4 Å². The average Bonchev–Trinajstić information content (AvgIpc) is 0.781. The van der Waals surface area contributed by atoms with E-state index in [1.165, 1.54) is 302 Å². The van der Waals surface area contributed by atoms with Crippen molar-refractivity contribution in [3.05, 3.63) is 24.3 Å². The van der Waals surface area contributed by atoms with Crippen LogP contribution in [0.4, 0.5) is 0 Å². The molecule has 1 amide bonds. The van der Waals surface area contributed by atoms with Crippen LogP contribution in [0.2, 0.25) is 0 Å². The van der Waals surface area contributed by atoms with Gasteiger partial charge in [-0.25, -0.2) is 0 Å². The van der Waals surface area contributed by atoms with Gasteiger partial charge in [0.25, 0.3) is 0 Å². The summed E-state index contributed by atoms with van der Waals surface area (Å²) in [6.07, 6.45) is 53.4. The van der Waals surface area contributed by atoms with Gasteiger partial charge >= 0.3 is 0 Å². The van der Waals surface area contributed by atoms with E-state index in [1.807, 2.05) is 6.08 Å². The number of aliphatic hydroxyl groups is 11. The number of aliphatic hydroxyl groups excluding tert-OH is 11. The summed E-state index contributed by atoms with van der Waals surface area (Å²) in [5, 5.41) is 121. The topological polar surface area (TPSA) is 307 Å². The third-order valence-electron chi connectivity index (χ3n) is 21.7. The van der Waals surface area contributed by atoms with E-state index < -0.39 is 124 Å². The number of ether oxygens (including phenoxy) is 6. The van der Waals surface area contributed by atoms with E-state index in [0.717, 1.165) is 44.9 Å². The lowest BCUT2D eigenvalue weighted by molar-refractivity contribution is -0.379. The molecule has 3 saturated heterocycles. The second-order valence-electron chi connectivity index (χ2n) is 31.0. The minimum absolute atomic E-state index is 0.249. The Bertz CT molecular complexity index is 1950.